The predicted octanol–water partition coefficient (Wildman–Crippen LogP) is 2.92. The SMILES string of the molecule is COc1ccc(C2(c3ccc(OC)cc3)NC(=O)N(CC(=O)Nc3ccnn3C(C)C)C2=O)cc1. The molecule has 3 aromatic rings. The standard InChI is InChI=1S/C25H27N5O5/c1-16(2)30-21(13-14-26-30)27-22(31)15-29-23(32)25(28-24(29)33,17-5-9-19(34-3)10-6-17)18-7-11-20(35-4)12-8-18/h5-14,16H,15H2,1-4H3,(H,27,31)(H,28,33). The maximum Gasteiger partial charge on any atom is 0.326 e. The first kappa shape index (κ1) is 23.8. The molecule has 2 heterocycles. The van der Waals surface area contributed by atoms with E-state index in [4.69, 9.17) is 9.47 Å². The van der Waals surface area contributed by atoms with Crippen LogP contribution < -0.4 is 20.1 Å². The summed E-state index contributed by atoms with van der Waals surface area (Å²) < 4.78 is 12.1. The molecule has 1 aliphatic heterocycles. The minimum Gasteiger partial charge on any atom is -0.497 e. The molecule has 1 aliphatic rings. The van der Waals surface area contributed by atoms with Crippen LogP contribution in [0.15, 0.2) is 60.8 Å². The highest BCUT2D eigenvalue weighted by atomic mass is 16.5. The number of carbonyl (C=O) groups is 3. The quantitative estimate of drug-likeness (QED) is 0.482. The summed E-state index contributed by atoms with van der Waals surface area (Å²) in [5.74, 6) is 0.608. The zero-order valence-electron chi connectivity index (χ0n) is 19.9. The van der Waals surface area contributed by atoms with Gasteiger partial charge in [-0.25, -0.2) is 9.48 Å². The number of benzene rings is 2. The lowest BCUT2D eigenvalue weighted by Gasteiger charge is -2.28. The lowest BCUT2D eigenvalue weighted by atomic mass is 9.82. The van der Waals surface area contributed by atoms with E-state index in [2.05, 4.69) is 15.7 Å². The van der Waals surface area contributed by atoms with Crippen LogP contribution in [0, 0.1) is 0 Å². The van der Waals surface area contributed by atoms with Crippen LogP contribution in [-0.4, -0.2) is 53.3 Å². The van der Waals surface area contributed by atoms with E-state index >= 15 is 0 Å². The first-order valence-electron chi connectivity index (χ1n) is 11.1. The van der Waals surface area contributed by atoms with Crippen LogP contribution in [0.25, 0.3) is 0 Å². The highest BCUT2D eigenvalue weighted by Crippen LogP contribution is 2.37. The van der Waals surface area contributed by atoms with Crippen molar-refractivity contribution < 1.29 is 23.9 Å². The van der Waals surface area contributed by atoms with Crippen molar-refractivity contribution in [3.05, 3.63) is 71.9 Å². The summed E-state index contributed by atoms with van der Waals surface area (Å²) in [6.45, 7) is 3.40. The van der Waals surface area contributed by atoms with E-state index in [0.717, 1.165) is 4.90 Å². The lowest BCUT2D eigenvalue weighted by Crippen LogP contribution is -2.45. The van der Waals surface area contributed by atoms with Gasteiger partial charge in [0, 0.05) is 12.1 Å². The number of urea groups is 1. The second-order valence-electron chi connectivity index (χ2n) is 8.33. The fourth-order valence-electron chi connectivity index (χ4n) is 4.11. The van der Waals surface area contributed by atoms with Crippen molar-refractivity contribution in [2.24, 2.45) is 0 Å². The van der Waals surface area contributed by atoms with E-state index in [0.29, 0.717) is 28.4 Å². The molecule has 1 aromatic heterocycles. The number of amides is 4. The Hall–Kier alpha value is -4.34. The van der Waals surface area contributed by atoms with Gasteiger partial charge in [-0.3, -0.25) is 14.5 Å². The highest BCUT2D eigenvalue weighted by Gasteiger charge is 2.54. The number of ether oxygens (including phenoxy) is 2. The highest BCUT2D eigenvalue weighted by molar-refractivity contribution is 6.12. The normalized spacial score (nSPS) is 14.7. The topological polar surface area (TPSA) is 115 Å². The number of methoxy groups -OCH3 is 2. The smallest absolute Gasteiger partial charge is 0.326 e. The van der Waals surface area contributed by atoms with Crippen molar-refractivity contribution in [3.63, 3.8) is 0 Å². The molecule has 0 bridgehead atoms. The number of hydrogen-bond acceptors (Lipinski definition) is 6. The van der Waals surface area contributed by atoms with E-state index in [1.165, 1.54) is 0 Å². The summed E-state index contributed by atoms with van der Waals surface area (Å²) in [7, 11) is 3.09. The molecule has 0 radical (unpaired) electrons. The molecule has 0 unspecified atom stereocenters. The molecule has 0 spiro atoms. The summed E-state index contributed by atoms with van der Waals surface area (Å²) in [6.07, 6.45) is 1.57. The number of hydrogen-bond donors (Lipinski definition) is 2. The Labute approximate surface area is 202 Å². The van der Waals surface area contributed by atoms with Crippen molar-refractivity contribution in [2.75, 3.05) is 26.1 Å². The molecule has 35 heavy (non-hydrogen) atoms. The zero-order chi connectivity index (χ0) is 25.2. The minimum atomic E-state index is -1.52. The van der Waals surface area contributed by atoms with E-state index < -0.39 is 29.9 Å². The van der Waals surface area contributed by atoms with E-state index in [1.807, 2.05) is 13.8 Å². The first-order chi connectivity index (χ1) is 16.8. The van der Waals surface area contributed by atoms with Gasteiger partial charge in [-0.2, -0.15) is 5.10 Å². The molecule has 1 fully saturated rings. The molecule has 182 valence electrons. The Morgan fingerprint density at radius 3 is 2.00 bits per heavy atom. The number of anilines is 1. The molecule has 2 N–H and O–H groups in total. The summed E-state index contributed by atoms with van der Waals surface area (Å²) in [6, 6.07) is 14.7. The van der Waals surface area contributed by atoms with Gasteiger partial charge in [-0.1, -0.05) is 24.3 Å². The fraction of sp³-hybridized carbons (Fsp3) is 0.280. The number of rotatable bonds is 8. The number of nitrogens with one attached hydrogen (secondary N) is 2. The monoisotopic (exact) mass is 477 g/mol. The molecule has 10 heteroatoms. The van der Waals surface area contributed by atoms with Crippen LogP contribution in [0.1, 0.15) is 31.0 Å². The average Bonchev–Trinajstić information content (AvgIpc) is 3.43. The minimum absolute atomic E-state index is 0.0230. The van der Waals surface area contributed by atoms with Gasteiger partial charge in [-0.15, -0.1) is 0 Å². The Kier molecular flexibility index (Phi) is 6.46. The second-order valence-corrected chi connectivity index (χ2v) is 8.33. The molecule has 4 rings (SSSR count). The molecule has 0 saturated carbocycles. The molecular weight excluding hydrogens is 450 g/mol. The van der Waals surface area contributed by atoms with Gasteiger partial charge in [-0.05, 0) is 49.2 Å². The van der Waals surface area contributed by atoms with Crippen LogP contribution >= 0.6 is 0 Å². The molecule has 0 aliphatic carbocycles. The van der Waals surface area contributed by atoms with Gasteiger partial charge in [0.05, 0.1) is 20.4 Å². The van der Waals surface area contributed by atoms with Gasteiger partial charge in [0.1, 0.15) is 23.9 Å². The molecular formula is C25H27N5O5. The molecule has 1 saturated heterocycles. The van der Waals surface area contributed by atoms with Crippen LogP contribution in [0.4, 0.5) is 10.6 Å². The van der Waals surface area contributed by atoms with Crippen LogP contribution in [0.2, 0.25) is 0 Å². The van der Waals surface area contributed by atoms with Crippen molar-refractivity contribution in [1.29, 1.82) is 0 Å². The zero-order valence-corrected chi connectivity index (χ0v) is 19.9. The van der Waals surface area contributed by atoms with E-state index in [-0.39, 0.29) is 6.04 Å². The summed E-state index contributed by atoms with van der Waals surface area (Å²) in [5, 5.41) is 9.74. The van der Waals surface area contributed by atoms with Crippen molar-refractivity contribution >= 4 is 23.7 Å². The molecule has 10 nitrogen and oxygen atoms in total. The first-order valence-corrected chi connectivity index (χ1v) is 11.1. The van der Waals surface area contributed by atoms with Gasteiger partial charge < -0.3 is 20.1 Å². The van der Waals surface area contributed by atoms with Gasteiger partial charge in [0.2, 0.25) is 5.91 Å². The summed E-state index contributed by atoms with van der Waals surface area (Å²) >= 11 is 0. The van der Waals surface area contributed by atoms with Gasteiger partial charge >= 0.3 is 6.03 Å². The van der Waals surface area contributed by atoms with Crippen molar-refractivity contribution in [3.8, 4) is 11.5 Å². The van der Waals surface area contributed by atoms with E-state index in [9.17, 15) is 14.4 Å². The van der Waals surface area contributed by atoms with Crippen molar-refractivity contribution in [2.45, 2.75) is 25.4 Å². The predicted molar refractivity (Wildman–Crippen MR) is 128 cm³/mol. The summed E-state index contributed by atoms with van der Waals surface area (Å²) in [5.41, 5.74) is -0.458. The average molecular weight is 478 g/mol. The van der Waals surface area contributed by atoms with Crippen LogP contribution in [0.3, 0.4) is 0 Å². The third kappa shape index (κ3) is 4.30. The van der Waals surface area contributed by atoms with Gasteiger partial charge in [0.25, 0.3) is 5.91 Å². The van der Waals surface area contributed by atoms with Gasteiger partial charge in [0.15, 0.2) is 5.54 Å². The van der Waals surface area contributed by atoms with Crippen molar-refractivity contribution in [1.82, 2.24) is 20.0 Å². The second kappa shape index (κ2) is 9.49. The maximum atomic E-state index is 13.8. The third-order valence-corrected chi connectivity index (χ3v) is 5.88. The molecule has 4 amide bonds. The number of carbonyl (C=O) groups excluding carboxylic acids is 3. The molecule has 2 aromatic carbocycles. The Bertz CT molecular complexity index is 1190. The number of nitrogens with zero attached hydrogens (tertiary/aromatic N) is 3. The lowest BCUT2D eigenvalue weighted by molar-refractivity contribution is -0.133. The van der Waals surface area contributed by atoms with Crippen LogP contribution in [0.5, 0.6) is 11.5 Å². The third-order valence-electron chi connectivity index (χ3n) is 5.88. The number of imide groups is 1. The van der Waals surface area contributed by atoms with E-state index in [1.54, 1.807) is 79.7 Å². The van der Waals surface area contributed by atoms with Crippen LogP contribution in [-0.2, 0) is 15.1 Å². The summed E-state index contributed by atoms with van der Waals surface area (Å²) in [4.78, 5) is 40.6. The molecule has 0 atom stereocenters. The largest absolute Gasteiger partial charge is 0.497 e. The fourth-order valence-corrected chi connectivity index (χ4v) is 4.11. The number of aromatic nitrogens is 2. The Morgan fingerprint density at radius 2 is 1.51 bits per heavy atom. The Balaban J connectivity index is 1.67. The maximum absolute atomic E-state index is 13.8. The Morgan fingerprint density at radius 1 is 0.971 bits per heavy atom.